The molecule has 4 aromatic rings. The van der Waals surface area contributed by atoms with Crippen LogP contribution in [0.2, 0.25) is 0 Å². The predicted molar refractivity (Wildman–Crippen MR) is 149 cm³/mol. The first kappa shape index (κ1) is 25.2. The molecular weight excluding hydrogens is 440 g/mol. The van der Waals surface area contributed by atoms with Crippen molar-refractivity contribution in [2.24, 2.45) is 0 Å². The number of carbonyl (C=O) groups is 1. The number of hydrogen-bond acceptors (Lipinski definition) is 2. The monoisotopic (exact) mass is 474 g/mol. The highest BCUT2D eigenvalue weighted by Gasteiger charge is 2.27. The van der Waals surface area contributed by atoms with E-state index >= 15 is 0 Å². The minimum Gasteiger partial charge on any atom is -0.433 e. The third kappa shape index (κ3) is 5.33. The van der Waals surface area contributed by atoms with Gasteiger partial charge in [0.25, 0.3) is 0 Å². The summed E-state index contributed by atoms with van der Waals surface area (Å²) in [6.07, 6.45) is 1.65. The van der Waals surface area contributed by atoms with Crippen LogP contribution in [0.15, 0.2) is 91.2 Å². The molecule has 0 radical (unpaired) electrons. The van der Waals surface area contributed by atoms with Crippen LogP contribution in [0.4, 0.5) is 0 Å². The second-order valence-corrected chi connectivity index (χ2v) is 9.76. The molecule has 0 aromatic heterocycles. The quantitative estimate of drug-likeness (QED) is 0.207. The zero-order valence-corrected chi connectivity index (χ0v) is 22.1. The van der Waals surface area contributed by atoms with Crippen LogP contribution in [-0.2, 0) is 9.53 Å². The van der Waals surface area contributed by atoms with E-state index in [9.17, 15) is 4.79 Å². The minimum absolute atomic E-state index is 0.285. The zero-order chi connectivity index (χ0) is 25.8. The highest BCUT2D eigenvalue weighted by atomic mass is 16.5. The molecule has 36 heavy (non-hydrogen) atoms. The van der Waals surface area contributed by atoms with E-state index in [0.717, 1.165) is 50.1 Å². The van der Waals surface area contributed by atoms with E-state index in [2.05, 4.69) is 77.9 Å². The van der Waals surface area contributed by atoms with Gasteiger partial charge in [-0.1, -0.05) is 96.1 Å². The topological polar surface area (TPSA) is 26.3 Å². The molecule has 2 heteroatoms. The van der Waals surface area contributed by atoms with Gasteiger partial charge in [0.15, 0.2) is 0 Å². The van der Waals surface area contributed by atoms with Crippen molar-refractivity contribution in [3.8, 4) is 0 Å². The fourth-order valence-electron chi connectivity index (χ4n) is 5.39. The van der Waals surface area contributed by atoms with Gasteiger partial charge >= 0.3 is 5.97 Å². The molecule has 0 aliphatic heterocycles. The van der Waals surface area contributed by atoms with Gasteiger partial charge in [0.05, 0.1) is 0 Å². The summed E-state index contributed by atoms with van der Waals surface area (Å²) in [5.41, 5.74) is 11.8. The largest absolute Gasteiger partial charge is 0.433 e. The highest BCUT2D eigenvalue weighted by molar-refractivity contribution is 5.87. The Morgan fingerprint density at radius 1 is 0.667 bits per heavy atom. The Kier molecular flexibility index (Phi) is 7.55. The molecule has 0 aliphatic carbocycles. The second-order valence-electron chi connectivity index (χ2n) is 9.76. The van der Waals surface area contributed by atoms with E-state index in [4.69, 9.17) is 4.74 Å². The van der Waals surface area contributed by atoms with Crippen molar-refractivity contribution >= 4 is 11.5 Å². The third-order valence-electron chi connectivity index (χ3n) is 6.72. The smallest absolute Gasteiger partial charge is 0.322 e. The lowest BCUT2D eigenvalue weighted by atomic mass is 9.84. The SMILES string of the molecule is Cc1cc(C)c(/C(=C/OC(=O)C(c2ccccc2)c2c(C)cc(C)cc2C)c2ccccc2)c(C)c1. The molecule has 0 aliphatic rings. The molecule has 1 unspecified atom stereocenters. The van der Waals surface area contributed by atoms with Gasteiger partial charge in [-0.25, -0.2) is 0 Å². The number of benzene rings is 4. The summed E-state index contributed by atoms with van der Waals surface area (Å²) in [6.45, 7) is 12.6. The Morgan fingerprint density at radius 3 is 1.67 bits per heavy atom. The number of aryl methyl sites for hydroxylation is 6. The van der Waals surface area contributed by atoms with Gasteiger partial charge in [-0.3, -0.25) is 4.79 Å². The Bertz CT molecular complexity index is 1370. The van der Waals surface area contributed by atoms with E-state index in [1.165, 1.54) is 11.1 Å². The van der Waals surface area contributed by atoms with Crippen molar-refractivity contribution in [1.29, 1.82) is 0 Å². The maximum atomic E-state index is 13.9. The minimum atomic E-state index is -0.514. The Morgan fingerprint density at radius 2 is 1.14 bits per heavy atom. The van der Waals surface area contributed by atoms with Crippen LogP contribution in [-0.4, -0.2) is 5.97 Å². The lowest BCUT2D eigenvalue weighted by molar-refractivity contribution is -0.138. The number of carbonyl (C=O) groups excluding carboxylic acids is 1. The van der Waals surface area contributed by atoms with Gasteiger partial charge in [0.2, 0.25) is 0 Å². The molecule has 0 saturated heterocycles. The average Bonchev–Trinajstić information content (AvgIpc) is 2.83. The predicted octanol–water partition coefficient (Wildman–Crippen LogP) is 8.30. The summed E-state index contributed by atoms with van der Waals surface area (Å²) in [6, 6.07) is 28.7. The molecule has 0 N–H and O–H groups in total. The first-order chi connectivity index (χ1) is 17.3. The summed E-state index contributed by atoms with van der Waals surface area (Å²) in [7, 11) is 0. The molecule has 1 atom stereocenters. The Balaban J connectivity index is 1.82. The molecule has 0 fully saturated rings. The van der Waals surface area contributed by atoms with Crippen molar-refractivity contribution in [2.45, 2.75) is 47.5 Å². The molecule has 0 heterocycles. The highest BCUT2D eigenvalue weighted by Crippen LogP contribution is 2.34. The summed E-state index contributed by atoms with van der Waals surface area (Å²) in [4.78, 5) is 13.9. The standard InChI is InChI=1S/C34H34O2/c1-22-17-24(3)31(25(4)18-22)30(28-13-9-7-10-14-28)21-36-34(35)33(29-15-11-8-12-16-29)32-26(5)19-23(2)20-27(32)6/h7-21,33H,1-6H3/b30-21+. The average molecular weight is 475 g/mol. The third-order valence-corrected chi connectivity index (χ3v) is 6.72. The zero-order valence-electron chi connectivity index (χ0n) is 22.1. The fourth-order valence-corrected chi connectivity index (χ4v) is 5.39. The van der Waals surface area contributed by atoms with Crippen LogP contribution in [0.25, 0.3) is 5.57 Å². The molecule has 2 nitrogen and oxygen atoms in total. The van der Waals surface area contributed by atoms with Gasteiger partial charge in [-0.05, 0) is 86.1 Å². The van der Waals surface area contributed by atoms with Crippen LogP contribution in [0.5, 0.6) is 0 Å². The van der Waals surface area contributed by atoms with Crippen LogP contribution < -0.4 is 0 Å². The van der Waals surface area contributed by atoms with Crippen LogP contribution in [0.1, 0.15) is 61.6 Å². The maximum absolute atomic E-state index is 13.9. The van der Waals surface area contributed by atoms with Gasteiger partial charge < -0.3 is 4.74 Å². The van der Waals surface area contributed by atoms with Gasteiger partial charge in [-0.2, -0.15) is 0 Å². The van der Waals surface area contributed by atoms with E-state index < -0.39 is 5.92 Å². The van der Waals surface area contributed by atoms with E-state index in [1.54, 1.807) is 6.26 Å². The van der Waals surface area contributed by atoms with Crippen molar-refractivity contribution < 1.29 is 9.53 Å². The maximum Gasteiger partial charge on any atom is 0.322 e. The van der Waals surface area contributed by atoms with Crippen molar-refractivity contribution in [2.75, 3.05) is 0 Å². The van der Waals surface area contributed by atoms with Crippen LogP contribution in [0, 0.1) is 41.5 Å². The first-order valence-corrected chi connectivity index (χ1v) is 12.4. The summed E-state index contributed by atoms with van der Waals surface area (Å²) in [5.74, 6) is -0.799. The first-order valence-electron chi connectivity index (χ1n) is 12.4. The lowest BCUT2D eigenvalue weighted by Crippen LogP contribution is -2.18. The lowest BCUT2D eigenvalue weighted by Gasteiger charge is -2.21. The normalized spacial score (nSPS) is 12.3. The molecule has 0 amide bonds. The number of hydrogen-bond donors (Lipinski definition) is 0. The second kappa shape index (κ2) is 10.8. The molecule has 0 spiro atoms. The van der Waals surface area contributed by atoms with Crippen molar-refractivity contribution in [1.82, 2.24) is 0 Å². The Labute approximate surface area is 215 Å². The summed E-state index contributed by atoms with van der Waals surface area (Å²) in [5, 5.41) is 0. The Hall–Kier alpha value is -3.91. The number of rotatable bonds is 6. The van der Waals surface area contributed by atoms with E-state index in [-0.39, 0.29) is 5.97 Å². The van der Waals surface area contributed by atoms with Gasteiger partial charge in [0.1, 0.15) is 12.2 Å². The van der Waals surface area contributed by atoms with E-state index in [0.29, 0.717) is 0 Å². The molecule has 4 aromatic carbocycles. The summed E-state index contributed by atoms with van der Waals surface area (Å²) < 4.78 is 6.06. The van der Waals surface area contributed by atoms with Crippen molar-refractivity contribution in [3.63, 3.8) is 0 Å². The van der Waals surface area contributed by atoms with Gasteiger partial charge in [-0.15, -0.1) is 0 Å². The number of ether oxygens (including phenoxy) is 1. The molecule has 4 rings (SSSR count). The fraction of sp³-hybridized carbons (Fsp3) is 0.206. The van der Waals surface area contributed by atoms with E-state index in [1.807, 2.05) is 48.5 Å². The molecular formula is C34H34O2. The van der Waals surface area contributed by atoms with Crippen molar-refractivity contribution in [3.05, 3.63) is 147 Å². The van der Waals surface area contributed by atoms with Gasteiger partial charge in [0, 0.05) is 5.57 Å². The van der Waals surface area contributed by atoms with Crippen LogP contribution in [0.3, 0.4) is 0 Å². The number of esters is 1. The van der Waals surface area contributed by atoms with Crippen LogP contribution >= 0.6 is 0 Å². The molecule has 0 saturated carbocycles. The summed E-state index contributed by atoms with van der Waals surface area (Å²) >= 11 is 0. The molecule has 0 bridgehead atoms. The molecule has 182 valence electrons.